The third-order valence-electron chi connectivity index (χ3n) is 6.14. The predicted molar refractivity (Wildman–Crippen MR) is 147 cm³/mol. The van der Waals surface area contributed by atoms with Crippen LogP contribution in [0, 0.1) is 11.6 Å². The number of benzene rings is 3. The summed E-state index contributed by atoms with van der Waals surface area (Å²) in [5.41, 5.74) is 2.44. The Morgan fingerprint density at radius 3 is 2.32 bits per heavy atom. The lowest BCUT2D eigenvalue weighted by Gasteiger charge is -2.17. The maximum Gasteiger partial charge on any atom is 0.343 e. The van der Waals surface area contributed by atoms with Gasteiger partial charge in [0.15, 0.2) is 0 Å². The van der Waals surface area contributed by atoms with Crippen LogP contribution in [0.15, 0.2) is 65.6 Å². The maximum absolute atomic E-state index is 14.6. The van der Waals surface area contributed by atoms with Gasteiger partial charge in [-0.25, -0.2) is 13.6 Å². The van der Waals surface area contributed by atoms with Crippen LogP contribution in [0.4, 0.5) is 14.5 Å². The zero-order chi connectivity index (χ0) is 27.4. The second-order valence-electron chi connectivity index (χ2n) is 8.56. The van der Waals surface area contributed by atoms with E-state index in [2.05, 4.69) is 21.2 Å². The summed E-state index contributed by atoms with van der Waals surface area (Å²) in [6.45, 7) is 3.21. The summed E-state index contributed by atoms with van der Waals surface area (Å²) in [5, 5.41) is 3.42. The minimum atomic E-state index is -0.809. The van der Waals surface area contributed by atoms with Crippen molar-refractivity contribution in [2.75, 3.05) is 11.9 Å². The number of nitrogens with one attached hydrogen (secondary N) is 1. The van der Waals surface area contributed by atoms with Crippen LogP contribution in [-0.4, -0.2) is 23.1 Å². The number of hydrogen-bond donors (Lipinski definition) is 1. The molecule has 0 spiro atoms. The lowest BCUT2D eigenvalue weighted by atomic mass is 9.97. The van der Waals surface area contributed by atoms with Crippen molar-refractivity contribution in [3.63, 3.8) is 0 Å². The minimum absolute atomic E-state index is 0.0680. The first-order valence-electron chi connectivity index (χ1n) is 12.0. The number of aromatic nitrogens is 1. The minimum Gasteiger partial charge on any atom is -0.462 e. The van der Waals surface area contributed by atoms with Crippen LogP contribution < -0.4 is 10.7 Å². The molecule has 196 valence electrons. The van der Waals surface area contributed by atoms with E-state index in [1.165, 1.54) is 16.8 Å². The highest BCUT2D eigenvalue weighted by atomic mass is 79.9. The van der Waals surface area contributed by atoms with Gasteiger partial charge in [-0.3, -0.25) is 9.59 Å². The molecule has 38 heavy (non-hydrogen) atoms. The smallest absolute Gasteiger partial charge is 0.343 e. The molecule has 3 aromatic carbocycles. The highest BCUT2D eigenvalue weighted by Crippen LogP contribution is 2.31. The Balaban J connectivity index is 1.93. The van der Waals surface area contributed by atoms with Crippen molar-refractivity contribution in [3.05, 3.63) is 99.3 Å². The number of ether oxygens (including phenoxy) is 1. The number of halogens is 3. The van der Waals surface area contributed by atoms with Gasteiger partial charge in [-0.1, -0.05) is 41.1 Å². The summed E-state index contributed by atoms with van der Waals surface area (Å²) in [4.78, 5) is 37.7. The van der Waals surface area contributed by atoms with E-state index in [4.69, 9.17) is 4.74 Å². The van der Waals surface area contributed by atoms with E-state index in [0.29, 0.717) is 23.0 Å². The number of amides is 1. The summed E-state index contributed by atoms with van der Waals surface area (Å²) in [7, 11) is 0. The van der Waals surface area contributed by atoms with Gasteiger partial charge in [-0.2, -0.15) is 0 Å². The number of hydrogen-bond acceptors (Lipinski definition) is 4. The molecule has 1 amide bonds. The summed E-state index contributed by atoms with van der Waals surface area (Å²) < 4.78 is 35.7. The maximum atomic E-state index is 14.6. The second kappa shape index (κ2) is 11.7. The Bertz CT molecular complexity index is 1560. The zero-order valence-electron chi connectivity index (χ0n) is 20.8. The van der Waals surface area contributed by atoms with Crippen molar-refractivity contribution >= 4 is 44.4 Å². The molecule has 0 aliphatic rings. The zero-order valence-corrected chi connectivity index (χ0v) is 22.4. The van der Waals surface area contributed by atoms with Crippen molar-refractivity contribution in [2.45, 2.75) is 32.1 Å². The summed E-state index contributed by atoms with van der Waals surface area (Å²) in [6, 6.07) is 14.2. The van der Waals surface area contributed by atoms with Gasteiger partial charge >= 0.3 is 5.97 Å². The van der Waals surface area contributed by atoms with Gasteiger partial charge in [0.1, 0.15) is 17.2 Å². The van der Waals surface area contributed by atoms with Gasteiger partial charge in [-0.15, -0.1) is 0 Å². The van der Waals surface area contributed by atoms with Crippen molar-refractivity contribution in [1.82, 2.24) is 4.57 Å². The van der Waals surface area contributed by atoms with Crippen LogP contribution in [0.3, 0.4) is 0 Å². The first-order chi connectivity index (χ1) is 18.3. The second-order valence-corrected chi connectivity index (χ2v) is 9.12. The number of alkyl halides is 1. The average molecular weight is 583 g/mol. The van der Waals surface area contributed by atoms with Gasteiger partial charge in [-0.05, 0) is 60.0 Å². The molecule has 0 saturated heterocycles. The van der Waals surface area contributed by atoms with Crippen molar-refractivity contribution in [2.24, 2.45) is 0 Å². The SMILES string of the molecule is CCOC(=O)c1cn(Cc2c(F)cccc2F)c2cc(-c3ccc(NC(=O)CC)cc3)c(CBr)cc2c1=O. The average Bonchev–Trinajstić information content (AvgIpc) is 2.91. The number of anilines is 1. The molecule has 4 rings (SSSR count). The lowest BCUT2D eigenvalue weighted by molar-refractivity contribution is -0.115. The number of carbonyl (C=O) groups is 2. The van der Waals surface area contributed by atoms with E-state index in [0.717, 1.165) is 28.8 Å². The summed E-state index contributed by atoms with van der Waals surface area (Å²) >= 11 is 3.48. The van der Waals surface area contributed by atoms with Crippen molar-refractivity contribution in [1.29, 1.82) is 0 Å². The van der Waals surface area contributed by atoms with E-state index in [1.54, 1.807) is 38.1 Å². The number of nitrogens with zero attached hydrogens (tertiary/aromatic N) is 1. The normalized spacial score (nSPS) is 11.0. The highest BCUT2D eigenvalue weighted by Gasteiger charge is 2.20. The molecule has 0 aliphatic carbocycles. The standard InChI is InChI=1S/C29H25BrF2N2O4/c1-3-27(35)33-19-10-8-17(9-11-19)20-13-26-21(12-18(20)14-30)28(36)23(29(37)38-4-2)16-34(26)15-22-24(31)6-5-7-25(22)32/h5-13,16H,3-4,14-15H2,1-2H3,(H,33,35). The predicted octanol–water partition coefficient (Wildman–Crippen LogP) is 6.42. The molecule has 0 atom stereocenters. The highest BCUT2D eigenvalue weighted by molar-refractivity contribution is 9.08. The Hall–Kier alpha value is -3.85. The molecule has 4 aromatic rings. The number of fused-ring (bicyclic) bond motifs is 1. The fraction of sp³-hybridized carbons (Fsp3) is 0.207. The van der Waals surface area contributed by atoms with E-state index < -0.39 is 23.0 Å². The molecule has 0 radical (unpaired) electrons. The van der Waals surface area contributed by atoms with E-state index in [-0.39, 0.29) is 35.6 Å². The number of esters is 1. The molecule has 6 nitrogen and oxygen atoms in total. The lowest BCUT2D eigenvalue weighted by Crippen LogP contribution is -2.22. The fourth-order valence-electron chi connectivity index (χ4n) is 4.18. The van der Waals surface area contributed by atoms with E-state index in [1.807, 2.05) is 12.1 Å². The number of rotatable bonds is 8. The van der Waals surface area contributed by atoms with Crippen LogP contribution >= 0.6 is 15.9 Å². The Labute approximate surface area is 226 Å². The Morgan fingerprint density at radius 2 is 1.71 bits per heavy atom. The molecule has 1 aromatic heterocycles. The van der Waals surface area contributed by atoms with Crippen molar-refractivity contribution in [3.8, 4) is 11.1 Å². The molecule has 0 saturated carbocycles. The third kappa shape index (κ3) is 5.52. The molecule has 1 N–H and O–H groups in total. The number of carbonyl (C=O) groups excluding carboxylic acids is 2. The fourth-order valence-corrected chi connectivity index (χ4v) is 4.65. The Morgan fingerprint density at radius 1 is 1.03 bits per heavy atom. The van der Waals surface area contributed by atoms with Gasteiger partial charge in [0.05, 0.1) is 18.7 Å². The monoisotopic (exact) mass is 582 g/mol. The summed E-state index contributed by atoms with van der Waals surface area (Å²) in [6.07, 6.45) is 1.64. The molecule has 9 heteroatoms. The number of pyridine rings is 1. The van der Waals surface area contributed by atoms with Gasteiger partial charge < -0.3 is 14.6 Å². The molecular formula is C29H25BrF2N2O4. The van der Waals surface area contributed by atoms with Crippen LogP contribution in [0.25, 0.3) is 22.0 Å². The molecule has 0 bridgehead atoms. The van der Waals surface area contributed by atoms with Crippen LogP contribution in [0.1, 0.15) is 41.8 Å². The van der Waals surface area contributed by atoms with Crippen LogP contribution in [0.5, 0.6) is 0 Å². The largest absolute Gasteiger partial charge is 0.462 e. The van der Waals surface area contributed by atoms with Gasteiger partial charge in [0.2, 0.25) is 11.3 Å². The van der Waals surface area contributed by atoms with Gasteiger partial charge in [0, 0.05) is 34.6 Å². The topological polar surface area (TPSA) is 77.4 Å². The van der Waals surface area contributed by atoms with Crippen molar-refractivity contribution < 1.29 is 23.1 Å². The molecule has 0 fully saturated rings. The van der Waals surface area contributed by atoms with E-state index >= 15 is 0 Å². The molecule has 0 aliphatic heterocycles. The van der Waals surface area contributed by atoms with Gasteiger partial charge in [0.25, 0.3) is 0 Å². The quantitative estimate of drug-likeness (QED) is 0.192. The van der Waals surface area contributed by atoms with E-state index in [9.17, 15) is 23.2 Å². The summed E-state index contributed by atoms with van der Waals surface area (Å²) in [5.74, 6) is -2.39. The van der Waals surface area contributed by atoms with Crippen LogP contribution in [0.2, 0.25) is 0 Å². The first-order valence-corrected chi connectivity index (χ1v) is 13.2. The van der Waals surface area contributed by atoms with Crippen LogP contribution in [-0.2, 0) is 21.4 Å². The molecule has 0 unspecified atom stereocenters. The first kappa shape index (κ1) is 27.2. The molecular weight excluding hydrogens is 558 g/mol. The molecule has 1 heterocycles. The Kier molecular flexibility index (Phi) is 8.36. The third-order valence-corrected chi connectivity index (χ3v) is 6.74.